The van der Waals surface area contributed by atoms with Gasteiger partial charge in [0.1, 0.15) is 22.9 Å². The van der Waals surface area contributed by atoms with Gasteiger partial charge in [0.25, 0.3) is 0 Å². The summed E-state index contributed by atoms with van der Waals surface area (Å²) in [6.45, 7) is 0. The van der Waals surface area contributed by atoms with Crippen LogP contribution >= 0.6 is 0 Å². The van der Waals surface area contributed by atoms with Crippen LogP contribution in [-0.4, -0.2) is 16.2 Å². The number of nitrogens with one attached hydrogen (secondary N) is 1. The monoisotopic (exact) mass is 221 g/mol. The summed E-state index contributed by atoms with van der Waals surface area (Å²) in [4.78, 5) is 11.5. The highest BCUT2D eigenvalue weighted by Crippen LogP contribution is 2.15. The Morgan fingerprint density at radius 1 is 1.50 bits per heavy atom. The second kappa shape index (κ2) is 4.01. The Balaban J connectivity index is 2.17. The van der Waals surface area contributed by atoms with Crippen LogP contribution < -0.4 is 10.5 Å². The molecule has 0 atom stereocenters. The number of halogens is 1. The van der Waals surface area contributed by atoms with Crippen molar-refractivity contribution >= 4 is 11.8 Å². The molecule has 0 bridgehead atoms. The summed E-state index contributed by atoms with van der Waals surface area (Å²) in [5.41, 5.74) is 5.55. The minimum absolute atomic E-state index is 0.112. The zero-order chi connectivity index (χ0) is 11.5. The molecule has 0 aliphatic carbocycles. The number of carbonyl (C=O) groups is 1. The maximum atomic E-state index is 12.8. The van der Waals surface area contributed by atoms with Gasteiger partial charge in [0.05, 0.1) is 6.20 Å². The molecule has 5 nitrogen and oxygen atoms in total. The van der Waals surface area contributed by atoms with Crippen LogP contribution in [0.4, 0.5) is 10.2 Å². The van der Waals surface area contributed by atoms with Crippen molar-refractivity contribution in [2.75, 3.05) is 5.73 Å². The number of ether oxygens (including phenoxy) is 1. The number of hydrogen-bond acceptors (Lipinski definition) is 4. The molecule has 6 heteroatoms. The molecule has 1 aromatic heterocycles. The van der Waals surface area contributed by atoms with E-state index in [1.54, 1.807) is 0 Å². The minimum atomic E-state index is -0.683. The number of nitrogen functional groups attached to an aromatic ring is 1. The molecule has 3 N–H and O–H groups in total. The molecular weight excluding hydrogens is 213 g/mol. The van der Waals surface area contributed by atoms with Gasteiger partial charge >= 0.3 is 5.97 Å². The Morgan fingerprint density at radius 2 is 2.31 bits per heavy atom. The van der Waals surface area contributed by atoms with Gasteiger partial charge in [-0.05, 0) is 12.1 Å². The lowest BCUT2D eigenvalue weighted by molar-refractivity contribution is 0.0735. The van der Waals surface area contributed by atoms with Gasteiger partial charge in [-0.2, -0.15) is 5.10 Å². The van der Waals surface area contributed by atoms with Gasteiger partial charge in [-0.25, -0.2) is 9.18 Å². The molecule has 1 heterocycles. The van der Waals surface area contributed by atoms with E-state index < -0.39 is 11.8 Å². The van der Waals surface area contributed by atoms with E-state index in [2.05, 4.69) is 10.2 Å². The van der Waals surface area contributed by atoms with E-state index in [0.29, 0.717) is 0 Å². The lowest BCUT2D eigenvalue weighted by Gasteiger charge is -2.02. The number of esters is 1. The summed E-state index contributed by atoms with van der Waals surface area (Å²) in [5, 5.41) is 5.98. The van der Waals surface area contributed by atoms with Crippen molar-refractivity contribution in [3.8, 4) is 5.75 Å². The summed E-state index contributed by atoms with van der Waals surface area (Å²) in [6, 6.07) is 5.27. The first-order valence-electron chi connectivity index (χ1n) is 4.43. The van der Waals surface area contributed by atoms with Crippen molar-refractivity contribution < 1.29 is 13.9 Å². The lowest BCUT2D eigenvalue weighted by Crippen LogP contribution is -2.09. The number of nitrogens with zero attached hydrogens (tertiary/aromatic N) is 1. The molecule has 2 rings (SSSR count). The highest BCUT2D eigenvalue weighted by Gasteiger charge is 2.14. The number of rotatable bonds is 2. The molecule has 0 saturated carbocycles. The van der Waals surface area contributed by atoms with E-state index in [9.17, 15) is 9.18 Å². The molecule has 82 valence electrons. The first-order chi connectivity index (χ1) is 7.66. The Kier molecular flexibility index (Phi) is 2.55. The Morgan fingerprint density at radius 3 is 2.94 bits per heavy atom. The molecule has 0 amide bonds. The molecule has 0 unspecified atom stereocenters. The fourth-order valence-corrected chi connectivity index (χ4v) is 1.15. The van der Waals surface area contributed by atoms with Crippen molar-refractivity contribution in [2.45, 2.75) is 0 Å². The standard InChI is InChI=1S/C10H8FN3O2/c11-6-2-1-3-7(4-6)16-10(15)8-5-13-14-9(8)12/h1-5H,(H3,12,13,14). The van der Waals surface area contributed by atoms with Crippen molar-refractivity contribution in [2.24, 2.45) is 0 Å². The smallest absolute Gasteiger partial charge is 0.348 e. The minimum Gasteiger partial charge on any atom is -0.423 e. The molecule has 0 radical (unpaired) electrons. The lowest BCUT2D eigenvalue weighted by atomic mass is 10.3. The largest absolute Gasteiger partial charge is 0.423 e. The van der Waals surface area contributed by atoms with Gasteiger partial charge in [-0.15, -0.1) is 0 Å². The molecule has 2 aromatic rings. The van der Waals surface area contributed by atoms with Gasteiger partial charge < -0.3 is 10.5 Å². The van der Waals surface area contributed by atoms with E-state index in [1.807, 2.05) is 0 Å². The zero-order valence-electron chi connectivity index (χ0n) is 8.11. The number of benzene rings is 1. The number of H-pyrrole nitrogens is 1. The van der Waals surface area contributed by atoms with Crippen LogP contribution in [0.15, 0.2) is 30.5 Å². The van der Waals surface area contributed by atoms with E-state index in [1.165, 1.54) is 24.4 Å². The fourth-order valence-electron chi connectivity index (χ4n) is 1.15. The maximum absolute atomic E-state index is 12.8. The van der Waals surface area contributed by atoms with Gasteiger partial charge in [-0.1, -0.05) is 6.07 Å². The summed E-state index contributed by atoms with van der Waals surface area (Å²) >= 11 is 0. The van der Waals surface area contributed by atoms with Crippen LogP contribution in [-0.2, 0) is 0 Å². The average Bonchev–Trinajstić information content (AvgIpc) is 2.64. The van der Waals surface area contributed by atoms with E-state index in [4.69, 9.17) is 10.5 Å². The Labute approximate surface area is 90.0 Å². The predicted molar refractivity (Wildman–Crippen MR) is 54.4 cm³/mol. The zero-order valence-corrected chi connectivity index (χ0v) is 8.11. The molecular formula is C10H8FN3O2. The van der Waals surface area contributed by atoms with Gasteiger partial charge in [0.15, 0.2) is 0 Å². The maximum Gasteiger partial charge on any atom is 0.348 e. The predicted octanol–water partition coefficient (Wildman–Crippen LogP) is 1.35. The molecule has 0 aliphatic rings. The van der Waals surface area contributed by atoms with Crippen LogP contribution in [0.3, 0.4) is 0 Å². The summed E-state index contributed by atoms with van der Waals surface area (Å²) in [5.74, 6) is -0.936. The number of aromatic amines is 1. The van der Waals surface area contributed by atoms with E-state index in [0.717, 1.165) is 6.07 Å². The van der Waals surface area contributed by atoms with Crippen LogP contribution in [0.1, 0.15) is 10.4 Å². The number of anilines is 1. The van der Waals surface area contributed by atoms with Crippen molar-refractivity contribution in [1.29, 1.82) is 0 Å². The van der Waals surface area contributed by atoms with Crippen molar-refractivity contribution in [3.05, 3.63) is 41.8 Å². The van der Waals surface area contributed by atoms with E-state index >= 15 is 0 Å². The molecule has 16 heavy (non-hydrogen) atoms. The Bertz CT molecular complexity index is 524. The fraction of sp³-hybridized carbons (Fsp3) is 0. The third-order valence-corrected chi connectivity index (χ3v) is 1.90. The highest BCUT2D eigenvalue weighted by atomic mass is 19.1. The number of nitrogens with two attached hydrogens (primary N) is 1. The molecule has 1 aromatic carbocycles. The highest BCUT2D eigenvalue weighted by molar-refractivity contribution is 5.95. The van der Waals surface area contributed by atoms with Crippen LogP contribution in [0, 0.1) is 5.82 Å². The van der Waals surface area contributed by atoms with Gasteiger partial charge in [-0.3, -0.25) is 5.10 Å². The normalized spacial score (nSPS) is 10.1. The number of aromatic nitrogens is 2. The van der Waals surface area contributed by atoms with Crippen molar-refractivity contribution in [1.82, 2.24) is 10.2 Å². The quantitative estimate of drug-likeness (QED) is 0.592. The third-order valence-electron chi connectivity index (χ3n) is 1.90. The second-order valence-corrected chi connectivity index (χ2v) is 3.04. The third kappa shape index (κ3) is 2.00. The van der Waals surface area contributed by atoms with Crippen LogP contribution in [0.5, 0.6) is 5.75 Å². The number of hydrogen-bond donors (Lipinski definition) is 2. The van der Waals surface area contributed by atoms with Crippen LogP contribution in [0.2, 0.25) is 0 Å². The van der Waals surface area contributed by atoms with Crippen molar-refractivity contribution in [3.63, 3.8) is 0 Å². The summed E-state index contributed by atoms with van der Waals surface area (Å²) < 4.78 is 17.7. The molecule has 0 fully saturated rings. The molecule has 0 spiro atoms. The summed E-state index contributed by atoms with van der Waals surface area (Å²) in [6.07, 6.45) is 1.25. The molecule has 0 aliphatic heterocycles. The Hall–Kier alpha value is -2.37. The summed E-state index contributed by atoms with van der Waals surface area (Å²) in [7, 11) is 0. The second-order valence-electron chi connectivity index (χ2n) is 3.04. The first kappa shape index (κ1) is 10.2. The SMILES string of the molecule is Nc1[nH]ncc1C(=O)Oc1cccc(F)c1. The van der Waals surface area contributed by atoms with Gasteiger partial charge in [0, 0.05) is 6.07 Å². The first-order valence-corrected chi connectivity index (χ1v) is 4.43. The van der Waals surface area contributed by atoms with Crippen LogP contribution in [0.25, 0.3) is 0 Å². The van der Waals surface area contributed by atoms with E-state index in [-0.39, 0.29) is 17.1 Å². The number of carbonyl (C=O) groups excluding carboxylic acids is 1. The average molecular weight is 221 g/mol. The topological polar surface area (TPSA) is 81.0 Å². The van der Waals surface area contributed by atoms with Gasteiger partial charge in [0.2, 0.25) is 0 Å². The molecule has 0 saturated heterocycles.